The fourth-order valence-electron chi connectivity index (χ4n) is 1.04. The maximum Gasteiger partial charge on any atom is 0.330 e. The molecule has 0 aliphatic heterocycles. The van der Waals surface area contributed by atoms with Crippen molar-refractivity contribution in [2.45, 2.75) is 32.6 Å². The molecule has 92 valence electrons. The van der Waals surface area contributed by atoms with Crippen LogP contribution in [0.2, 0.25) is 0 Å². The molecule has 0 rings (SSSR count). The van der Waals surface area contributed by atoms with Gasteiger partial charge < -0.3 is 11.1 Å². The molecule has 5 N–H and O–H groups in total. The molecule has 7 nitrogen and oxygen atoms in total. The fraction of sp³-hybridized carbons (Fsp3) is 0.667. The molecule has 0 saturated heterocycles. The predicted molar refractivity (Wildman–Crippen MR) is 58.8 cm³/mol. The summed E-state index contributed by atoms with van der Waals surface area (Å²) in [7, 11) is 0. The highest BCUT2D eigenvalue weighted by atomic mass is 16.2. The van der Waals surface area contributed by atoms with E-state index in [2.05, 4.69) is 18.0 Å². The van der Waals surface area contributed by atoms with Crippen molar-refractivity contribution >= 4 is 18.1 Å². The molecule has 16 heavy (non-hydrogen) atoms. The normalized spacial score (nSPS) is 9.31. The minimum absolute atomic E-state index is 0.496. The van der Waals surface area contributed by atoms with E-state index in [1.807, 2.05) is 5.32 Å². The van der Waals surface area contributed by atoms with Gasteiger partial charge in [-0.15, -0.1) is 0 Å². The third-order valence-electron chi connectivity index (χ3n) is 1.78. The Balaban J connectivity index is 3.51. The van der Waals surface area contributed by atoms with Gasteiger partial charge >= 0.3 is 18.1 Å². The number of imide groups is 2. The van der Waals surface area contributed by atoms with Crippen molar-refractivity contribution in [3.63, 3.8) is 0 Å². The average Bonchev–Trinajstić information content (AvgIpc) is 2.15. The van der Waals surface area contributed by atoms with Crippen LogP contribution in [0.5, 0.6) is 0 Å². The highest BCUT2D eigenvalue weighted by Crippen LogP contribution is 1.96. The second-order valence-corrected chi connectivity index (χ2v) is 3.26. The Kier molecular flexibility index (Phi) is 7.56. The lowest BCUT2D eigenvalue weighted by Crippen LogP contribution is -2.48. The van der Waals surface area contributed by atoms with E-state index in [4.69, 9.17) is 0 Å². The molecular weight excluding hydrogens is 212 g/mol. The molecule has 0 aromatic heterocycles. The van der Waals surface area contributed by atoms with Crippen molar-refractivity contribution in [1.29, 1.82) is 0 Å². The van der Waals surface area contributed by atoms with Crippen LogP contribution in [0, 0.1) is 0 Å². The number of nitrogens with one attached hydrogen (secondary N) is 3. The molecular formula is C9H18N4O3. The molecule has 0 radical (unpaired) electrons. The zero-order valence-electron chi connectivity index (χ0n) is 9.34. The number of rotatable bonds is 5. The summed E-state index contributed by atoms with van der Waals surface area (Å²) in [5.74, 6) is 0. The van der Waals surface area contributed by atoms with Gasteiger partial charge in [0.15, 0.2) is 0 Å². The highest BCUT2D eigenvalue weighted by Gasteiger charge is 2.07. The second-order valence-electron chi connectivity index (χ2n) is 3.26. The molecule has 0 fully saturated rings. The van der Waals surface area contributed by atoms with Gasteiger partial charge in [0.05, 0.1) is 0 Å². The largest absolute Gasteiger partial charge is 0.351 e. The summed E-state index contributed by atoms with van der Waals surface area (Å²) in [5.41, 5.74) is 4.68. The van der Waals surface area contributed by atoms with Crippen LogP contribution in [0.1, 0.15) is 32.6 Å². The summed E-state index contributed by atoms with van der Waals surface area (Å²) in [4.78, 5) is 32.1. The molecule has 0 aromatic carbocycles. The van der Waals surface area contributed by atoms with Crippen molar-refractivity contribution in [1.82, 2.24) is 16.0 Å². The first kappa shape index (κ1) is 14.2. The smallest absolute Gasteiger partial charge is 0.330 e. The Labute approximate surface area is 94.1 Å². The van der Waals surface area contributed by atoms with Crippen LogP contribution in [0.15, 0.2) is 0 Å². The first-order valence-electron chi connectivity index (χ1n) is 5.21. The number of unbranched alkanes of at least 4 members (excludes halogenated alkanes) is 3. The number of carbonyl (C=O) groups is 3. The van der Waals surface area contributed by atoms with Crippen LogP contribution in [0.25, 0.3) is 0 Å². The van der Waals surface area contributed by atoms with E-state index in [1.165, 1.54) is 0 Å². The molecule has 0 bridgehead atoms. The van der Waals surface area contributed by atoms with Crippen LogP contribution in [-0.2, 0) is 0 Å². The van der Waals surface area contributed by atoms with E-state index >= 15 is 0 Å². The Bertz CT molecular complexity index is 255. The van der Waals surface area contributed by atoms with Gasteiger partial charge in [-0.25, -0.2) is 14.4 Å². The lowest BCUT2D eigenvalue weighted by molar-refractivity contribution is 0.224. The third kappa shape index (κ3) is 8.79. The average molecular weight is 230 g/mol. The molecule has 6 amide bonds. The Morgan fingerprint density at radius 3 is 2.25 bits per heavy atom. The van der Waals surface area contributed by atoms with Crippen LogP contribution >= 0.6 is 0 Å². The van der Waals surface area contributed by atoms with Gasteiger partial charge in [0.25, 0.3) is 0 Å². The summed E-state index contributed by atoms with van der Waals surface area (Å²) in [6, 6.07) is -2.58. The minimum atomic E-state index is -1.01. The number of carbonyl (C=O) groups excluding carboxylic acids is 3. The molecule has 0 heterocycles. The van der Waals surface area contributed by atoms with Gasteiger partial charge in [0.2, 0.25) is 0 Å². The van der Waals surface area contributed by atoms with Crippen LogP contribution in [0.3, 0.4) is 0 Å². The number of urea groups is 3. The first-order valence-corrected chi connectivity index (χ1v) is 5.21. The van der Waals surface area contributed by atoms with Crippen molar-refractivity contribution in [3.05, 3.63) is 0 Å². The Morgan fingerprint density at radius 2 is 1.69 bits per heavy atom. The zero-order chi connectivity index (χ0) is 12.4. The molecule has 0 unspecified atom stereocenters. The van der Waals surface area contributed by atoms with Gasteiger partial charge in [-0.3, -0.25) is 10.6 Å². The Hall–Kier alpha value is -1.79. The maximum absolute atomic E-state index is 11.0. The van der Waals surface area contributed by atoms with E-state index < -0.39 is 18.1 Å². The van der Waals surface area contributed by atoms with Crippen LogP contribution in [0.4, 0.5) is 14.4 Å². The molecule has 0 saturated carbocycles. The maximum atomic E-state index is 11.0. The fourth-order valence-corrected chi connectivity index (χ4v) is 1.04. The van der Waals surface area contributed by atoms with Crippen LogP contribution < -0.4 is 21.7 Å². The summed E-state index contributed by atoms with van der Waals surface area (Å²) < 4.78 is 0. The number of nitrogens with two attached hydrogens (primary N) is 1. The molecule has 0 spiro atoms. The lowest BCUT2D eigenvalue weighted by Gasteiger charge is -2.05. The van der Waals surface area contributed by atoms with Crippen molar-refractivity contribution in [3.8, 4) is 0 Å². The summed E-state index contributed by atoms with van der Waals surface area (Å²) in [6.07, 6.45) is 4.13. The van der Waals surface area contributed by atoms with Crippen molar-refractivity contribution < 1.29 is 14.4 Å². The minimum Gasteiger partial charge on any atom is -0.351 e. The van der Waals surface area contributed by atoms with Gasteiger partial charge in [-0.2, -0.15) is 0 Å². The standard InChI is InChI=1S/C9H18N4O3/c1-2-3-4-5-6-11-8(15)13-9(16)12-7(10)14/h2-6H2,1H3,(H5,10,11,12,13,14,15,16). The summed E-state index contributed by atoms with van der Waals surface area (Å²) in [6.45, 7) is 2.59. The lowest BCUT2D eigenvalue weighted by atomic mass is 10.2. The number of hydrogen-bond donors (Lipinski definition) is 4. The summed E-state index contributed by atoms with van der Waals surface area (Å²) in [5, 5.41) is 6.10. The van der Waals surface area contributed by atoms with Gasteiger partial charge in [-0.05, 0) is 6.42 Å². The first-order chi connectivity index (χ1) is 7.56. The van der Waals surface area contributed by atoms with E-state index in [9.17, 15) is 14.4 Å². The predicted octanol–water partition coefficient (Wildman–Crippen LogP) is 0.654. The molecule has 0 aliphatic carbocycles. The monoisotopic (exact) mass is 230 g/mol. The zero-order valence-corrected chi connectivity index (χ0v) is 9.34. The SMILES string of the molecule is CCCCCCNC(=O)NC(=O)NC(N)=O. The number of amides is 6. The van der Waals surface area contributed by atoms with Gasteiger partial charge in [0.1, 0.15) is 0 Å². The molecule has 7 heteroatoms. The number of primary amides is 1. The Morgan fingerprint density at radius 1 is 1.00 bits per heavy atom. The van der Waals surface area contributed by atoms with E-state index in [1.54, 1.807) is 5.32 Å². The van der Waals surface area contributed by atoms with E-state index in [-0.39, 0.29) is 0 Å². The van der Waals surface area contributed by atoms with Crippen LogP contribution in [-0.4, -0.2) is 24.6 Å². The van der Waals surface area contributed by atoms with Crippen molar-refractivity contribution in [2.75, 3.05) is 6.54 Å². The van der Waals surface area contributed by atoms with Gasteiger partial charge in [0, 0.05) is 6.54 Å². The van der Waals surface area contributed by atoms with Crippen molar-refractivity contribution in [2.24, 2.45) is 5.73 Å². The number of hydrogen-bond acceptors (Lipinski definition) is 3. The summed E-state index contributed by atoms with van der Waals surface area (Å²) >= 11 is 0. The van der Waals surface area contributed by atoms with Gasteiger partial charge in [-0.1, -0.05) is 26.2 Å². The second kappa shape index (κ2) is 8.51. The quantitative estimate of drug-likeness (QED) is 0.520. The molecule has 0 aliphatic rings. The van der Waals surface area contributed by atoms with E-state index in [0.29, 0.717) is 6.54 Å². The highest BCUT2D eigenvalue weighted by molar-refractivity contribution is 6.00. The molecule has 0 aromatic rings. The molecule has 0 atom stereocenters. The van der Waals surface area contributed by atoms with E-state index in [0.717, 1.165) is 25.7 Å². The topological polar surface area (TPSA) is 113 Å². The third-order valence-corrected chi connectivity index (χ3v) is 1.78.